The van der Waals surface area contributed by atoms with Gasteiger partial charge in [-0.1, -0.05) is 17.7 Å². The molecule has 1 saturated heterocycles. The highest BCUT2D eigenvalue weighted by Crippen LogP contribution is 2.43. The van der Waals surface area contributed by atoms with Gasteiger partial charge in [-0.2, -0.15) is 0 Å². The van der Waals surface area contributed by atoms with Crippen LogP contribution in [0.15, 0.2) is 85.2 Å². The van der Waals surface area contributed by atoms with Crippen LogP contribution in [0.1, 0.15) is 23.5 Å². The second-order valence-electron chi connectivity index (χ2n) is 8.53. The molecule has 0 bridgehead atoms. The molecule has 2 atom stereocenters. The Kier molecular flexibility index (Phi) is 7.54. The maximum Gasteiger partial charge on any atom is 0.269 e. The van der Waals surface area contributed by atoms with E-state index >= 15 is 0 Å². The molecule has 9 nitrogen and oxygen atoms in total. The minimum Gasteiger partial charge on any atom is -0.490 e. The lowest BCUT2D eigenvalue weighted by atomic mass is 10.0. The Hall–Kier alpha value is -3.99. The summed E-state index contributed by atoms with van der Waals surface area (Å²) in [6, 6.07) is 21.1. The molecule has 1 N–H and O–H groups in total. The highest BCUT2D eigenvalue weighted by atomic mass is 35.5. The van der Waals surface area contributed by atoms with Gasteiger partial charge in [0, 0.05) is 48.7 Å². The number of nitrogens with zero attached hydrogens (tertiary/aromatic N) is 4. The molecular weight excluding hydrogens is 526 g/mol. The molecule has 38 heavy (non-hydrogen) atoms. The van der Waals surface area contributed by atoms with Crippen molar-refractivity contribution in [2.45, 2.75) is 12.1 Å². The highest BCUT2D eigenvalue weighted by molar-refractivity contribution is 7.80. The van der Waals surface area contributed by atoms with Crippen molar-refractivity contribution in [2.75, 3.05) is 25.2 Å². The van der Waals surface area contributed by atoms with Crippen LogP contribution in [0.2, 0.25) is 5.02 Å². The first-order chi connectivity index (χ1) is 18.5. The van der Waals surface area contributed by atoms with Crippen molar-refractivity contribution < 1.29 is 14.4 Å². The maximum atomic E-state index is 11.2. The van der Waals surface area contributed by atoms with Gasteiger partial charge in [0.05, 0.1) is 28.3 Å². The fourth-order valence-electron chi connectivity index (χ4n) is 4.53. The normalized spacial score (nSPS) is 16.9. The fraction of sp³-hybridized carbons (Fsp3) is 0.185. The van der Waals surface area contributed by atoms with E-state index in [2.05, 4.69) is 10.3 Å². The predicted molar refractivity (Wildman–Crippen MR) is 149 cm³/mol. The van der Waals surface area contributed by atoms with Crippen molar-refractivity contribution in [1.29, 1.82) is 0 Å². The first kappa shape index (κ1) is 25.7. The molecule has 0 spiro atoms. The number of hydrogen-bond donors (Lipinski definition) is 1. The zero-order valence-electron chi connectivity index (χ0n) is 20.4. The van der Waals surface area contributed by atoms with Crippen molar-refractivity contribution >= 4 is 40.3 Å². The summed E-state index contributed by atoms with van der Waals surface area (Å²) in [7, 11) is 1.61. The van der Waals surface area contributed by atoms with Gasteiger partial charge < -0.3 is 24.3 Å². The summed E-state index contributed by atoms with van der Waals surface area (Å²) in [5, 5.41) is 15.6. The Balaban J connectivity index is 1.57. The molecule has 0 radical (unpaired) electrons. The van der Waals surface area contributed by atoms with E-state index in [9.17, 15) is 10.1 Å². The van der Waals surface area contributed by atoms with E-state index in [4.69, 9.17) is 33.3 Å². The van der Waals surface area contributed by atoms with Gasteiger partial charge in [0.25, 0.3) is 5.69 Å². The lowest BCUT2D eigenvalue weighted by Gasteiger charge is -2.29. The number of methoxy groups -OCH3 is 1. The van der Waals surface area contributed by atoms with Gasteiger partial charge in [-0.25, -0.2) is 0 Å². The number of aromatic nitrogens is 2. The SMILES string of the molecule is COCCOc1ccc(N2C(=S)N[C@H](c3ccccn3)[C@H]2c2cccn2-c2ccc([N+](=O)[O-])cc2)cc1Cl. The maximum absolute atomic E-state index is 11.2. The number of hydrogen-bond acceptors (Lipinski definition) is 6. The number of anilines is 1. The van der Waals surface area contributed by atoms with Crippen molar-refractivity contribution in [3.05, 3.63) is 112 Å². The highest BCUT2D eigenvalue weighted by Gasteiger charge is 2.42. The van der Waals surface area contributed by atoms with Crippen molar-refractivity contribution in [3.8, 4) is 11.4 Å². The Morgan fingerprint density at radius 2 is 1.87 bits per heavy atom. The van der Waals surface area contributed by atoms with Crippen molar-refractivity contribution in [2.24, 2.45) is 0 Å². The number of rotatable bonds is 9. The molecule has 3 heterocycles. The van der Waals surface area contributed by atoms with E-state index < -0.39 is 4.92 Å². The van der Waals surface area contributed by atoms with E-state index in [-0.39, 0.29) is 17.8 Å². The number of pyridine rings is 1. The summed E-state index contributed by atoms with van der Waals surface area (Å²) in [4.78, 5) is 17.4. The topological polar surface area (TPSA) is 94.7 Å². The molecule has 0 saturated carbocycles. The largest absolute Gasteiger partial charge is 0.490 e. The molecule has 0 unspecified atom stereocenters. The minimum absolute atomic E-state index is 0.0293. The predicted octanol–water partition coefficient (Wildman–Crippen LogP) is 5.64. The number of nitrogens with one attached hydrogen (secondary N) is 1. The summed E-state index contributed by atoms with van der Waals surface area (Å²) < 4.78 is 12.8. The molecular formula is C27H24ClN5O4S. The van der Waals surface area contributed by atoms with E-state index in [1.165, 1.54) is 12.1 Å². The smallest absolute Gasteiger partial charge is 0.269 e. The quantitative estimate of drug-likeness (QED) is 0.124. The van der Waals surface area contributed by atoms with Crippen LogP contribution >= 0.6 is 23.8 Å². The number of benzene rings is 2. The first-order valence-corrected chi connectivity index (χ1v) is 12.6. The fourth-order valence-corrected chi connectivity index (χ4v) is 5.11. The Morgan fingerprint density at radius 3 is 2.55 bits per heavy atom. The van der Waals surface area contributed by atoms with Gasteiger partial charge in [0.15, 0.2) is 5.11 Å². The lowest BCUT2D eigenvalue weighted by Crippen LogP contribution is -2.30. The number of non-ortho nitro benzene ring substituents is 1. The number of nitro groups is 1. The molecule has 0 amide bonds. The summed E-state index contributed by atoms with van der Waals surface area (Å²) in [6.45, 7) is 0.831. The van der Waals surface area contributed by atoms with Gasteiger partial charge in [-0.3, -0.25) is 15.1 Å². The van der Waals surface area contributed by atoms with E-state index in [1.54, 1.807) is 25.4 Å². The van der Waals surface area contributed by atoms with E-state index in [1.807, 2.05) is 64.2 Å². The molecule has 5 rings (SSSR count). The molecule has 2 aromatic heterocycles. The van der Waals surface area contributed by atoms with Gasteiger partial charge in [0.1, 0.15) is 18.4 Å². The molecule has 0 aliphatic carbocycles. The molecule has 11 heteroatoms. The van der Waals surface area contributed by atoms with E-state index in [0.717, 1.165) is 22.8 Å². The van der Waals surface area contributed by atoms with Crippen LogP contribution in [0.3, 0.4) is 0 Å². The Morgan fingerprint density at radius 1 is 1.08 bits per heavy atom. The third kappa shape index (κ3) is 5.06. The average Bonchev–Trinajstić information content (AvgIpc) is 3.54. The molecule has 194 valence electrons. The number of halogens is 1. The lowest BCUT2D eigenvalue weighted by molar-refractivity contribution is -0.384. The minimum atomic E-state index is -0.412. The van der Waals surface area contributed by atoms with Gasteiger partial charge in [0.2, 0.25) is 0 Å². The Bertz CT molecular complexity index is 1450. The Labute approximate surface area is 229 Å². The third-order valence-corrected chi connectivity index (χ3v) is 6.87. The first-order valence-electron chi connectivity index (χ1n) is 11.8. The summed E-state index contributed by atoms with van der Waals surface area (Å²) in [6.07, 6.45) is 3.67. The van der Waals surface area contributed by atoms with Crippen LogP contribution in [-0.2, 0) is 4.74 Å². The van der Waals surface area contributed by atoms with Gasteiger partial charge in [-0.15, -0.1) is 0 Å². The van der Waals surface area contributed by atoms with Gasteiger partial charge >= 0.3 is 0 Å². The van der Waals surface area contributed by atoms with Crippen LogP contribution < -0.4 is 15.0 Å². The van der Waals surface area contributed by atoms with Crippen LogP contribution in [0.4, 0.5) is 11.4 Å². The van der Waals surface area contributed by atoms with Crippen molar-refractivity contribution in [3.63, 3.8) is 0 Å². The summed E-state index contributed by atoms with van der Waals surface area (Å²) in [5.41, 5.74) is 3.34. The standard InChI is InChI=1S/C27H24ClN5O4S/c1-36-15-16-37-24-12-11-20(17-21(24)28)32-26(25(30-27(32)38)22-5-2-3-13-29-22)23-6-4-14-31(23)18-7-9-19(10-8-18)33(34)35/h2-14,17,25-26H,15-16H2,1H3,(H,30,38)/t25-,26-/m1/s1. The van der Waals surface area contributed by atoms with Crippen LogP contribution in [0.5, 0.6) is 5.75 Å². The zero-order valence-corrected chi connectivity index (χ0v) is 21.9. The second-order valence-corrected chi connectivity index (χ2v) is 9.32. The van der Waals surface area contributed by atoms with Crippen LogP contribution in [-0.4, -0.2) is 39.9 Å². The number of nitro benzene ring substituents is 1. The van der Waals surface area contributed by atoms with Gasteiger partial charge in [-0.05, 0) is 66.8 Å². The van der Waals surface area contributed by atoms with Crippen LogP contribution in [0.25, 0.3) is 5.69 Å². The molecule has 1 fully saturated rings. The molecule has 1 aliphatic rings. The molecule has 1 aliphatic heterocycles. The van der Waals surface area contributed by atoms with E-state index in [0.29, 0.717) is 29.1 Å². The third-order valence-electron chi connectivity index (χ3n) is 6.26. The zero-order chi connectivity index (χ0) is 26.6. The van der Waals surface area contributed by atoms with Crippen molar-refractivity contribution in [1.82, 2.24) is 14.9 Å². The number of ether oxygens (including phenoxy) is 2. The average molecular weight is 550 g/mol. The molecule has 2 aromatic carbocycles. The monoisotopic (exact) mass is 549 g/mol. The second kappa shape index (κ2) is 11.2. The van der Waals surface area contributed by atoms with Crippen LogP contribution in [0, 0.1) is 10.1 Å². The molecule has 4 aromatic rings. The number of thiocarbonyl (C=S) groups is 1. The summed E-state index contributed by atoms with van der Waals surface area (Å²) >= 11 is 12.4. The summed E-state index contributed by atoms with van der Waals surface area (Å²) in [5.74, 6) is 0.553.